The number of β-amino-alcohol motifs (C(OH)–C–C–N with tert-alkyl or cyclic N) is 1. The Hall–Kier alpha value is -1.39. The zero-order chi connectivity index (χ0) is 15.5. The fourth-order valence-electron chi connectivity index (χ4n) is 3.85. The highest BCUT2D eigenvalue weighted by Gasteiger charge is 2.42. The summed E-state index contributed by atoms with van der Waals surface area (Å²) in [7, 11) is 0. The lowest BCUT2D eigenvalue weighted by Crippen LogP contribution is -2.51. The van der Waals surface area contributed by atoms with Crippen LogP contribution in [-0.2, 0) is 10.2 Å². The van der Waals surface area contributed by atoms with Crippen LogP contribution in [0.2, 0.25) is 0 Å². The highest BCUT2D eigenvalue weighted by molar-refractivity contribution is 5.88. The van der Waals surface area contributed by atoms with Crippen molar-refractivity contribution in [1.82, 2.24) is 10.6 Å². The van der Waals surface area contributed by atoms with E-state index >= 15 is 0 Å². The minimum atomic E-state index is -0.789. The van der Waals surface area contributed by atoms with Crippen LogP contribution in [0.4, 0.5) is 0 Å². The summed E-state index contributed by atoms with van der Waals surface area (Å²) in [5, 5.41) is 16.6. The van der Waals surface area contributed by atoms with Gasteiger partial charge >= 0.3 is 0 Å². The van der Waals surface area contributed by atoms with Crippen molar-refractivity contribution in [2.24, 2.45) is 0 Å². The van der Waals surface area contributed by atoms with Gasteiger partial charge in [-0.15, -0.1) is 0 Å². The molecule has 3 rings (SSSR count). The molecule has 0 aromatic heterocycles. The largest absolute Gasteiger partial charge is 0.387 e. The monoisotopic (exact) mass is 302 g/mol. The fraction of sp³-hybridized carbons (Fsp3) is 0.611. The van der Waals surface area contributed by atoms with E-state index in [0.717, 1.165) is 37.8 Å². The van der Waals surface area contributed by atoms with Crippen LogP contribution in [0.25, 0.3) is 0 Å². The van der Waals surface area contributed by atoms with Crippen molar-refractivity contribution in [2.75, 3.05) is 19.6 Å². The van der Waals surface area contributed by atoms with E-state index in [1.165, 1.54) is 6.42 Å². The van der Waals surface area contributed by atoms with Crippen LogP contribution in [0.5, 0.6) is 0 Å². The van der Waals surface area contributed by atoms with E-state index in [1.54, 1.807) is 0 Å². The second kappa shape index (κ2) is 6.39. The van der Waals surface area contributed by atoms with Crippen LogP contribution < -0.4 is 10.6 Å². The van der Waals surface area contributed by atoms with E-state index in [0.29, 0.717) is 19.5 Å². The number of rotatable bonds is 4. The van der Waals surface area contributed by atoms with Gasteiger partial charge < -0.3 is 15.7 Å². The molecule has 4 nitrogen and oxygen atoms in total. The predicted molar refractivity (Wildman–Crippen MR) is 86.7 cm³/mol. The van der Waals surface area contributed by atoms with Crippen LogP contribution in [0.15, 0.2) is 30.3 Å². The molecule has 0 unspecified atom stereocenters. The smallest absolute Gasteiger partial charge is 0.230 e. The van der Waals surface area contributed by atoms with E-state index in [2.05, 4.69) is 22.8 Å². The molecule has 0 spiro atoms. The zero-order valence-corrected chi connectivity index (χ0v) is 13.1. The highest BCUT2D eigenvalue weighted by atomic mass is 16.3. The Labute approximate surface area is 132 Å². The average Bonchev–Trinajstić information content (AvgIpc) is 3.01. The van der Waals surface area contributed by atoms with Gasteiger partial charge in [0.15, 0.2) is 0 Å². The van der Waals surface area contributed by atoms with Crippen LogP contribution in [0.3, 0.4) is 0 Å². The number of hydrogen-bond acceptors (Lipinski definition) is 3. The SMILES string of the molecule is O=C(NC[C@]1(O)CCNC1)C1(c2ccccc2)CCCCC1. The van der Waals surface area contributed by atoms with Gasteiger partial charge in [-0.05, 0) is 31.4 Å². The molecule has 1 heterocycles. The second-order valence-corrected chi connectivity index (χ2v) is 6.84. The number of benzene rings is 1. The maximum Gasteiger partial charge on any atom is 0.230 e. The molecule has 1 atom stereocenters. The van der Waals surface area contributed by atoms with Crippen molar-refractivity contribution < 1.29 is 9.90 Å². The lowest BCUT2D eigenvalue weighted by atomic mass is 9.68. The molecular weight excluding hydrogens is 276 g/mol. The molecule has 1 aromatic rings. The normalized spacial score (nSPS) is 27.5. The molecule has 2 fully saturated rings. The molecular formula is C18H26N2O2. The third-order valence-corrected chi connectivity index (χ3v) is 5.27. The van der Waals surface area contributed by atoms with Gasteiger partial charge in [0.2, 0.25) is 5.91 Å². The molecule has 22 heavy (non-hydrogen) atoms. The number of carbonyl (C=O) groups is 1. The van der Waals surface area contributed by atoms with Crippen LogP contribution in [0.1, 0.15) is 44.1 Å². The summed E-state index contributed by atoms with van der Waals surface area (Å²) in [6, 6.07) is 10.1. The number of aliphatic hydroxyl groups is 1. The molecule has 1 amide bonds. The number of amides is 1. The van der Waals surface area contributed by atoms with E-state index < -0.39 is 11.0 Å². The predicted octanol–water partition coefficient (Wildman–Crippen LogP) is 1.73. The zero-order valence-electron chi connectivity index (χ0n) is 13.1. The summed E-state index contributed by atoms with van der Waals surface area (Å²) < 4.78 is 0. The first-order valence-electron chi connectivity index (χ1n) is 8.42. The van der Waals surface area contributed by atoms with Gasteiger partial charge in [0.25, 0.3) is 0 Å². The summed E-state index contributed by atoms with van der Waals surface area (Å²) in [4.78, 5) is 13.0. The molecule has 4 heteroatoms. The third-order valence-electron chi connectivity index (χ3n) is 5.27. The van der Waals surface area contributed by atoms with E-state index in [-0.39, 0.29) is 5.91 Å². The Kier molecular flexibility index (Phi) is 4.50. The molecule has 0 radical (unpaired) electrons. The first-order chi connectivity index (χ1) is 10.6. The third kappa shape index (κ3) is 3.03. The van der Waals surface area contributed by atoms with Crippen molar-refractivity contribution in [3.05, 3.63) is 35.9 Å². The van der Waals surface area contributed by atoms with Crippen molar-refractivity contribution in [1.29, 1.82) is 0 Å². The summed E-state index contributed by atoms with van der Waals surface area (Å²) in [6.07, 6.45) is 5.89. The molecule has 1 aliphatic carbocycles. The fourth-order valence-corrected chi connectivity index (χ4v) is 3.85. The number of hydrogen-bond donors (Lipinski definition) is 3. The second-order valence-electron chi connectivity index (χ2n) is 6.84. The first kappa shape index (κ1) is 15.5. The number of nitrogens with one attached hydrogen (secondary N) is 2. The minimum Gasteiger partial charge on any atom is -0.387 e. The topological polar surface area (TPSA) is 61.4 Å². The summed E-state index contributed by atoms with van der Waals surface area (Å²) >= 11 is 0. The summed E-state index contributed by atoms with van der Waals surface area (Å²) in [5.74, 6) is 0.0822. The molecule has 1 saturated carbocycles. The van der Waals surface area contributed by atoms with Gasteiger partial charge in [-0.2, -0.15) is 0 Å². The van der Waals surface area contributed by atoms with Crippen molar-refractivity contribution in [2.45, 2.75) is 49.5 Å². The molecule has 2 aliphatic rings. The van der Waals surface area contributed by atoms with Crippen LogP contribution >= 0.6 is 0 Å². The van der Waals surface area contributed by atoms with Crippen molar-refractivity contribution in [3.63, 3.8) is 0 Å². The molecule has 1 saturated heterocycles. The van der Waals surface area contributed by atoms with Gasteiger partial charge in [-0.3, -0.25) is 4.79 Å². The van der Waals surface area contributed by atoms with Gasteiger partial charge in [0.05, 0.1) is 11.0 Å². The Morgan fingerprint density at radius 2 is 1.86 bits per heavy atom. The van der Waals surface area contributed by atoms with Crippen LogP contribution in [0, 0.1) is 0 Å². The van der Waals surface area contributed by atoms with Crippen molar-refractivity contribution >= 4 is 5.91 Å². The quantitative estimate of drug-likeness (QED) is 0.794. The van der Waals surface area contributed by atoms with E-state index in [1.807, 2.05) is 18.2 Å². The Morgan fingerprint density at radius 3 is 2.50 bits per heavy atom. The summed E-state index contributed by atoms with van der Waals surface area (Å²) in [6.45, 7) is 1.72. The van der Waals surface area contributed by atoms with Gasteiger partial charge in [0, 0.05) is 13.1 Å². The molecule has 0 bridgehead atoms. The maximum atomic E-state index is 13.0. The molecule has 1 aliphatic heterocycles. The lowest BCUT2D eigenvalue weighted by Gasteiger charge is -2.37. The van der Waals surface area contributed by atoms with Gasteiger partial charge in [0.1, 0.15) is 0 Å². The Morgan fingerprint density at radius 1 is 1.14 bits per heavy atom. The lowest BCUT2D eigenvalue weighted by molar-refractivity contribution is -0.129. The van der Waals surface area contributed by atoms with E-state index in [4.69, 9.17) is 0 Å². The molecule has 3 N–H and O–H groups in total. The first-order valence-corrected chi connectivity index (χ1v) is 8.42. The maximum absolute atomic E-state index is 13.0. The number of carbonyl (C=O) groups excluding carboxylic acids is 1. The average molecular weight is 302 g/mol. The van der Waals surface area contributed by atoms with E-state index in [9.17, 15) is 9.90 Å². The standard InChI is InChI=1S/C18H26N2O2/c21-16(20-14-17(22)11-12-19-13-17)18(9-5-2-6-10-18)15-7-3-1-4-8-15/h1,3-4,7-8,19,22H,2,5-6,9-14H2,(H,20,21)/t17-/m0/s1. The minimum absolute atomic E-state index is 0.0822. The Balaban J connectivity index is 1.76. The molecule has 120 valence electrons. The van der Waals surface area contributed by atoms with Gasteiger partial charge in [-0.1, -0.05) is 49.6 Å². The summed E-state index contributed by atoms with van der Waals surface area (Å²) in [5.41, 5.74) is -0.0897. The Bertz CT molecular complexity index is 503. The van der Waals surface area contributed by atoms with Gasteiger partial charge in [-0.25, -0.2) is 0 Å². The highest BCUT2D eigenvalue weighted by Crippen LogP contribution is 2.39. The van der Waals surface area contributed by atoms with Crippen LogP contribution in [-0.4, -0.2) is 36.2 Å². The molecule has 1 aromatic carbocycles. The van der Waals surface area contributed by atoms with Crippen molar-refractivity contribution in [3.8, 4) is 0 Å².